The van der Waals surface area contributed by atoms with Gasteiger partial charge in [-0.2, -0.15) is 0 Å². The molecule has 0 spiro atoms. The molecule has 0 unspecified atom stereocenters. The molecule has 1 amide bonds. The number of hydrogen-bond acceptors (Lipinski definition) is 5. The maximum atomic E-state index is 13.4. The third kappa shape index (κ3) is 5.73. The largest absolute Gasteiger partial charge is 0.495 e. The first-order chi connectivity index (χ1) is 15.7. The second-order valence-corrected chi connectivity index (χ2v) is 9.75. The first kappa shape index (κ1) is 23.3. The molecule has 0 atom stereocenters. The summed E-state index contributed by atoms with van der Waals surface area (Å²) in [6.45, 7) is 5.42. The first-order valence-electron chi connectivity index (χ1n) is 11.7. The summed E-state index contributed by atoms with van der Waals surface area (Å²) in [5.41, 5.74) is 1.16. The molecule has 1 aromatic heterocycles. The van der Waals surface area contributed by atoms with Crippen molar-refractivity contribution in [3.05, 3.63) is 46.2 Å². The van der Waals surface area contributed by atoms with Gasteiger partial charge in [-0.25, -0.2) is 4.98 Å². The van der Waals surface area contributed by atoms with Crippen LogP contribution in [0, 0.1) is 9.62 Å². The molecule has 2 heterocycles. The van der Waals surface area contributed by atoms with Crippen molar-refractivity contribution in [3.63, 3.8) is 0 Å². The van der Waals surface area contributed by atoms with E-state index in [0.29, 0.717) is 6.54 Å². The van der Waals surface area contributed by atoms with Crippen molar-refractivity contribution in [2.75, 3.05) is 56.2 Å². The lowest BCUT2D eigenvalue weighted by Crippen LogP contribution is -2.50. The van der Waals surface area contributed by atoms with Gasteiger partial charge in [-0.1, -0.05) is 37.5 Å². The molecule has 1 aliphatic carbocycles. The van der Waals surface area contributed by atoms with Crippen molar-refractivity contribution < 1.29 is 9.53 Å². The minimum absolute atomic E-state index is 0.144. The summed E-state index contributed by atoms with van der Waals surface area (Å²) in [7, 11) is 1.73. The maximum Gasteiger partial charge on any atom is 0.231 e. The highest BCUT2D eigenvalue weighted by molar-refractivity contribution is 14.1. The molecule has 0 bridgehead atoms. The molecule has 172 valence electrons. The lowest BCUT2D eigenvalue weighted by Gasteiger charge is -2.37. The summed E-state index contributed by atoms with van der Waals surface area (Å²) in [5, 5.41) is 0. The van der Waals surface area contributed by atoms with Gasteiger partial charge in [0.2, 0.25) is 5.91 Å². The minimum Gasteiger partial charge on any atom is -0.495 e. The molecular formula is C25H33IN4O2. The van der Waals surface area contributed by atoms with E-state index in [2.05, 4.69) is 49.5 Å². The number of anilines is 2. The lowest BCUT2D eigenvalue weighted by atomic mass is 9.88. The molecule has 0 N–H and O–H groups in total. The summed E-state index contributed by atoms with van der Waals surface area (Å²) in [6.07, 6.45) is 5.60. The van der Waals surface area contributed by atoms with Crippen LogP contribution in [0.1, 0.15) is 32.1 Å². The highest BCUT2D eigenvalue weighted by Gasteiger charge is 2.28. The lowest BCUT2D eigenvalue weighted by molar-refractivity contribution is -0.123. The number of methoxy groups -OCH3 is 1. The second-order valence-electron chi connectivity index (χ2n) is 8.64. The van der Waals surface area contributed by atoms with Crippen LogP contribution in [-0.2, 0) is 4.79 Å². The number of pyridine rings is 1. The van der Waals surface area contributed by atoms with E-state index < -0.39 is 0 Å². The van der Waals surface area contributed by atoms with E-state index in [1.807, 2.05) is 35.2 Å². The van der Waals surface area contributed by atoms with Crippen molar-refractivity contribution in [2.24, 2.45) is 5.92 Å². The van der Waals surface area contributed by atoms with Gasteiger partial charge >= 0.3 is 0 Å². The summed E-state index contributed by atoms with van der Waals surface area (Å²) < 4.78 is 6.46. The Morgan fingerprint density at radius 3 is 2.53 bits per heavy atom. The average molecular weight is 548 g/mol. The quantitative estimate of drug-likeness (QED) is 0.379. The Kier molecular flexibility index (Phi) is 8.24. The number of rotatable bonds is 7. The summed E-state index contributed by atoms with van der Waals surface area (Å²) in [6, 6.07) is 14.2. The summed E-state index contributed by atoms with van der Waals surface area (Å²) in [4.78, 5) is 24.9. The summed E-state index contributed by atoms with van der Waals surface area (Å²) >= 11 is 2.23. The Balaban J connectivity index is 1.38. The zero-order valence-corrected chi connectivity index (χ0v) is 21.0. The van der Waals surface area contributed by atoms with Gasteiger partial charge in [-0.05, 0) is 59.7 Å². The highest BCUT2D eigenvalue weighted by atomic mass is 127. The average Bonchev–Trinajstić information content (AvgIpc) is 2.85. The number of aromatic nitrogens is 1. The van der Waals surface area contributed by atoms with E-state index in [1.54, 1.807) is 7.11 Å². The number of carbonyl (C=O) groups excluding carboxylic acids is 1. The molecule has 1 saturated heterocycles. The number of halogens is 1. The minimum atomic E-state index is 0.144. The molecule has 1 aromatic carbocycles. The third-order valence-electron chi connectivity index (χ3n) is 6.64. The van der Waals surface area contributed by atoms with Gasteiger partial charge in [0.05, 0.1) is 12.8 Å². The van der Waals surface area contributed by atoms with Crippen molar-refractivity contribution in [3.8, 4) is 5.75 Å². The first-order valence-corrected chi connectivity index (χ1v) is 12.8. The fraction of sp³-hybridized carbons (Fsp3) is 0.520. The Morgan fingerprint density at radius 1 is 1.06 bits per heavy atom. The van der Waals surface area contributed by atoms with Gasteiger partial charge < -0.3 is 9.64 Å². The number of piperazine rings is 1. The predicted octanol–water partition coefficient (Wildman–Crippen LogP) is 4.43. The number of benzene rings is 1. The van der Waals surface area contributed by atoms with Crippen LogP contribution in [0.2, 0.25) is 0 Å². The molecule has 7 heteroatoms. The van der Waals surface area contributed by atoms with Crippen LogP contribution in [0.25, 0.3) is 0 Å². The predicted molar refractivity (Wildman–Crippen MR) is 138 cm³/mol. The third-order valence-corrected chi connectivity index (χ3v) is 7.24. The van der Waals surface area contributed by atoms with Gasteiger partial charge in [0.1, 0.15) is 15.3 Å². The fourth-order valence-corrected chi connectivity index (χ4v) is 5.26. The number of ether oxygens (including phenoxy) is 1. The number of nitrogens with zero attached hydrogens (tertiary/aromatic N) is 4. The Hall–Kier alpha value is -1.87. The van der Waals surface area contributed by atoms with Crippen LogP contribution in [0.15, 0.2) is 42.5 Å². The molecule has 2 aliphatic rings. The highest BCUT2D eigenvalue weighted by Crippen LogP contribution is 2.29. The molecule has 2 fully saturated rings. The number of amides is 1. The van der Waals surface area contributed by atoms with Crippen LogP contribution in [-0.4, -0.2) is 62.2 Å². The van der Waals surface area contributed by atoms with Gasteiger partial charge in [0.15, 0.2) is 0 Å². The molecule has 32 heavy (non-hydrogen) atoms. The van der Waals surface area contributed by atoms with E-state index in [1.165, 1.54) is 6.42 Å². The van der Waals surface area contributed by atoms with Gasteiger partial charge in [0, 0.05) is 45.2 Å². The molecule has 1 saturated carbocycles. The molecule has 6 nitrogen and oxygen atoms in total. The zero-order chi connectivity index (χ0) is 22.3. The fourth-order valence-electron chi connectivity index (χ4n) is 4.80. The number of para-hydroxylation sites is 2. The van der Waals surface area contributed by atoms with Crippen LogP contribution >= 0.6 is 22.6 Å². The Bertz CT molecular complexity index is 895. The molecular weight excluding hydrogens is 515 g/mol. The van der Waals surface area contributed by atoms with Crippen molar-refractivity contribution in [2.45, 2.75) is 32.1 Å². The summed E-state index contributed by atoms with van der Waals surface area (Å²) in [5.74, 6) is 2.12. The van der Waals surface area contributed by atoms with Crippen molar-refractivity contribution in [1.29, 1.82) is 0 Å². The smallest absolute Gasteiger partial charge is 0.231 e. The molecule has 4 rings (SSSR count). The molecule has 0 radical (unpaired) electrons. The van der Waals surface area contributed by atoms with E-state index >= 15 is 0 Å². The Morgan fingerprint density at radius 2 is 1.81 bits per heavy atom. The monoisotopic (exact) mass is 548 g/mol. The van der Waals surface area contributed by atoms with Crippen LogP contribution in [0.5, 0.6) is 5.75 Å². The van der Waals surface area contributed by atoms with E-state index in [-0.39, 0.29) is 11.8 Å². The maximum absolute atomic E-state index is 13.4. The second kappa shape index (κ2) is 11.3. The molecule has 1 aliphatic heterocycles. The van der Waals surface area contributed by atoms with Gasteiger partial charge in [-0.3, -0.25) is 14.6 Å². The van der Waals surface area contributed by atoms with Gasteiger partial charge in [0.25, 0.3) is 0 Å². The van der Waals surface area contributed by atoms with E-state index in [4.69, 9.17) is 4.74 Å². The van der Waals surface area contributed by atoms with Crippen LogP contribution in [0.3, 0.4) is 0 Å². The Labute approximate surface area is 205 Å². The topological polar surface area (TPSA) is 48.9 Å². The normalized spacial score (nSPS) is 17.9. The van der Waals surface area contributed by atoms with E-state index in [0.717, 1.165) is 79.4 Å². The standard InChI is InChI=1S/C25H33IN4O2/c1-32-22-11-6-5-10-21(22)29-17-14-28(15-18-29)16-19-30(24-13-7-12-23(26)27-24)25(31)20-8-3-2-4-9-20/h5-7,10-13,20H,2-4,8-9,14-19H2,1H3. The van der Waals surface area contributed by atoms with Crippen LogP contribution in [0.4, 0.5) is 11.5 Å². The number of hydrogen-bond donors (Lipinski definition) is 0. The van der Waals surface area contributed by atoms with E-state index in [9.17, 15) is 4.79 Å². The SMILES string of the molecule is COc1ccccc1N1CCN(CCN(C(=O)C2CCCCC2)c2cccc(I)n2)CC1. The van der Waals surface area contributed by atoms with Crippen LogP contribution < -0.4 is 14.5 Å². The number of carbonyl (C=O) groups is 1. The van der Waals surface area contributed by atoms with Crippen molar-refractivity contribution in [1.82, 2.24) is 9.88 Å². The zero-order valence-electron chi connectivity index (χ0n) is 18.9. The molecule has 2 aromatic rings. The van der Waals surface area contributed by atoms with Gasteiger partial charge in [-0.15, -0.1) is 0 Å². The van der Waals surface area contributed by atoms with Crippen molar-refractivity contribution >= 4 is 40.0 Å².